The lowest BCUT2D eigenvalue weighted by Crippen LogP contribution is -2.01. The molecule has 0 atom stereocenters. The van der Waals surface area contributed by atoms with Gasteiger partial charge in [-0.15, -0.1) is 0 Å². The van der Waals surface area contributed by atoms with Crippen LogP contribution in [0.5, 0.6) is 5.75 Å². The third-order valence-corrected chi connectivity index (χ3v) is 2.47. The number of hydrogen-bond donors (Lipinski definition) is 1. The Hall–Kier alpha value is -2.69. The molecule has 0 spiro atoms. The summed E-state index contributed by atoms with van der Waals surface area (Å²) in [7, 11) is 0. The molecule has 5 nitrogen and oxygen atoms in total. The van der Waals surface area contributed by atoms with Gasteiger partial charge in [0, 0.05) is 11.8 Å². The zero-order valence-electron chi connectivity index (χ0n) is 9.95. The van der Waals surface area contributed by atoms with Crippen molar-refractivity contribution in [3.63, 3.8) is 0 Å². The molecule has 0 unspecified atom stereocenters. The van der Waals surface area contributed by atoms with E-state index in [1.54, 1.807) is 30.3 Å². The van der Waals surface area contributed by atoms with Gasteiger partial charge in [-0.05, 0) is 36.4 Å². The molecule has 0 amide bonds. The molecule has 1 heterocycles. The first-order valence-corrected chi connectivity index (χ1v) is 5.55. The van der Waals surface area contributed by atoms with Crippen molar-refractivity contribution in [2.45, 2.75) is 6.61 Å². The number of aromatic nitrogens is 1. The number of ether oxygens (including phenoxy) is 1. The number of hydrogen-bond acceptors (Lipinski definition) is 4. The molecule has 2 aromatic rings. The maximum atomic E-state index is 10.7. The number of carbonyl (C=O) groups excluding carboxylic acids is 1. The second kappa shape index (κ2) is 5.77. The van der Waals surface area contributed by atoms with Crippen LogP contribution in [0.1, 0.15) is 26.4 Å². The van der Waals surface area contributed by atoms with Crippen LogP contribution >= 0.6 is 0 Å². The van der Waals surface area contributed by atoms with Crippen molar-refractivity contribution >= 4 is 12.3 Å². The summed E-state index contributed by atoms with van der Waals surface area (Å²) in [4.78, 5) is 25.1. The lowest BCUT2D eigenvalue weighted by atomic mass is 10.2. The van der Waals surface area contributed by atoms with Gasteiger partial charge in [0.05, 0.1) is 11.3 Å². The van der Waals surface area contributed by atoms with E-state index in [-0.39, 0.29) is 12.2 Å². The second-order valence-electron chi connectivity index (χ2n) is 3.82. The molecule has 19 heavy (non-hydrogen) atoms. The number of pyridine rings is 1. The molecular weight excluding hydrogens is 246 g/mol. The number of aldehydes is 1. The molecule has 1 N–H and O–H groups in total. The van der Waals surface area contributed by atoms with Crippen LogP contribution < -0.4 is 4.74 Å². The zero-order valence-corrected chi connectivity index (χ0v) is 9.95. The molecule has 0 saturated carbocycles. The van der Waals surface area contributed by atoms with Gasteiger partial charge in [0.25, 0.3) is 0 Å². The molecular formula is C14H11NO4. The monoisotopic (exact) mass is 257 g/mol. The van der Waals surface area contributed by atoms with Gasteiger partial charge in [-0.1, -0.05) is 0 Å². The molecule has 0 saturated heterocycles. The lowest BCUT2D eigenvalue weighted by Gasteiger charge is -2.05. The van der Waals surface area contributed by atoms with Gasteiger partial charge >= 0.3 is 5.97 Å². The van der Waals surface area contributed by atoms with E-state index in [0.717, 1.165) is 6.29 Å². The molecule has 96 valence electrons. The quantitative estimate of drug-likeness (QED) is 0.831. The fourth-order valence-electron chi connectivity index (χ4n) is 1.44. The van der Waals surface area contributed by atoms with Crippen LogP contribution in [0, 0.1) is 0 Å². The highest BCUT2D eigenvalue weighted by Crippen LogP contribution is 2.13. The first-order valence-electron chi connectivity index (χ1n) is 5.55. The summed E-state index contributed by atoms with van der Waals surface area (Å²) in [6, 6.07) is 9.77. The van der Waals surface area contributed by atoms with Crippen LogP contribution in [0.25, 0.3) is 0 Å². The predicted octanol–water partition coefficient (Wildman–Crippen LogP) is 2.17. The van der Waals surface area contributed by atoms with E-state index in [9.17, 15) is 9.59 Å². The van der Waals surface area contributed by atoms with Crippen LogP contribution in [0.2, 0.25) is 0 Å². The molecule has 0 aliphatic rings. The van der Waals surface area contributed by atoms with Crippen LogP contribution in [-0.4, -0.2) is 22.3 Å². The Morgan fingerprint density at radius 3 is 2.47 bits per heavy atom. The highest BCUT2D eigenvalue weighted by molar-refractivity contribution is 5.87. The highest BCUT2D eigenvalue weighted by Gasteiger charge is 2.03. The number of rotatable bonds is 5. The van der Waals surface area contributed by atoms with E-state index in [2.05, 4.69) is 4.98 Å². The lowest BCUT2D eigenvalue weighted by molar-refractivity contribution is 0.0696. The van der Waals surface area contributed by atoms with Crippen LogP contribution in [0.3, 0.4) is 0 Å². The van der Waals surface area contributed by atoms with Crippen molar-refractivity contribution in [1.29, 1.82) is 0 Å². The van der Waals surface area contributed by atoms with E-state index in [1.807, 2.05) is 0 Å². The molecule has 0 radical (unpaired) electrons. The number of carbonyl (C=O) groups is 2. The van der Waals surface area contributed by atoms with E-state index >= 15 is 0 Å². The van der Waals surface area contributed by atoms with Crippen LogP contribution in [-0.2, 0) is 6.61 Å². The molecule has 2 rings (SSSR count). The van der Waals surface area contributed by atoms with Crippen molar-refractivity contribution in [2.24, 2.45) is 0 Å². The number of carboxylic acid groups (broad SMARTS) is 1. The molecule has 0 aliphatic carbocycles. The van der Waals surface area contributed by atoms with Gasteiger partial charge in [0.1, 0.15) is 18.6 Å². The highest BCUT2D eigenvalue weighted by atomic mass is 16.5. The second-order valence-corrected chi connectivity index (χ2v) is 3.82. The van der Waals surface area contributed by atoms with Gasteiger partial charge in [0.15, 0.2) is 0 Å². The number of nitrogens with zero attached hydrogens (tertiary/aromatic N) is 1. The number of carboxylic acids is 1. The van der Waals surface area contributed by atoms with E-state index < -0.39 is 5.97 Å². The van der Waals surface area contributed by atoms with Gasteiger partial charge in [-0.3, -0.25) is 9.78 Å². The van der Waals surface area contributed by atoms with Crippen LogP contribution in [0.15, 0.2) is 42.6 Å². The number of benzene rings is 1. The minimum Gasteiger partial charge on any atom is -0.487 e. The van der Waals surface area contributed by atoms with Gasteiger partial charge in [-0.25, -0.2) is 4.79 Å². The molecule has 0 bridgehead atoms. The molecule has 0 fully saturated rings. The largest absolute Gasteiger partial charge is 0.487 e. The van der Waals surface area contributed by atoms with Crippen molar-refractivity contribution in [3.8, 4) is 5.75 Å². The van der Waals surface area contributed by atoms with Crippen LogP contribution in [0.4, 0.5) is 0 Å². The number of aromatic carboxylic acids is 1. The molecule has 1 aromatic heterocycles. The minimum atomic E-state index is -1.01. The first-order chi connectivity index (χ1) is 9.19. The maximum Gasteiger partial charge on any atom is 0.337 e. The zero-order chi connectivity index (χ0) is 13.7. The Bertz CT molecular complexity index is 575. The molecule has 5 heteroatoms. The summed E-state index contributed by atoms with van der Waals surface area (Å²) in [5, 5.41) is 8.73. The third kappa shape index (κ3) is 3.38. The van der Waals surface area contributed by atoms with E-state index in [4.69, 9.17) is 9.84 Å². The summed E-state index contributed by atoms with van der Waals surface area (Å²) in [6.07, 6.45) is 2.05. The Labute approximate surface area is 109 Å². The van der Waals surface area contributed by atoms with Crippen molar-refractivity contribution in [3.05, 3.63) is 59.4 Å². The van der Waals surface area contributed by atoms with Gasteiger partial charge in [-0.2, -0.15) is 0 Å². The summed E-state index contributed by atoms with van der Waals surface area (Å²) < 4.78 is 5.47. The van der Waals surface area contributed by atoms with E-state index in [1.165, 1.54) is 12.3 Å². The summed E-state index contributed by atoms with van der Waals surface area (Å²) in [6.45, 7) is 0.236. The third-order valence-electron chi connectivity index (χ3n) is 2.47. The fourth-order valence-corrected chi connectivity index (χ4v) is 1.44. The van der Waals surface area contributed by atoms with E-state index in [0.29, 0.717) is 17.0 Å². The SMILES string of the molecule is O=Cc1ccc(OCc2ccc(C(=O)O)cn2)cc1. The Morgan fingerprint density at radius 2 is 1.95 bits per heavy atom. The smallest absolute Gasteiger partial charge is 0.337 e. The molecule has 1 aromatic carbocycles. The average molecular weight is 257 g/mol. The van der Waals surface area contributed by atoms with Crippen molar-refractivity contribution in [2.75, 3.05) is 0 Å². The Morgan fingerprint density at radius 1 is 1.21 bits per heavy atom. The summed E-state index contributed by atoms with van der Waals surface area (Å²) in [5.74, 6) is -0.390. The topological polar surface area (TPSA) is 76.5 Å². The van der Waals surface area contributed by atoms with Gasteiger partial charge < -0.3 is 9.84 Å². The first kappa shape index (κ1) is 12.8. The molecule has 0 aliphatic heterocycles. The van der Waals surface area contributed by atoms with Crippen molar-refractivity contribution in [1.82, 2.24) is 4.98 Å². The normalized spacial score (nSPS) is 9.89. The average Bonchev–Trinajstić information content (AvgIpc) is 2.46. The predicted molar refractivity (Wildman–Crippen MR) is 67.4 cm³/mol. The maximum absolute atomic E-state index is 10.7. The van der Waals surface area contributed by atoms with Crippen molar-refractivity contribution < 1.29 is 19.4 Å². The standard InChI is InChI=1S/C14H11NO4/c16-8-10-1-5-13(6-2-10)19-9-12-4-3-11(7-15-12)14(17)18/h1-8H,9H2,(H,17,18). The van der Waals surface area contributed by atoms with Gasteiger partial charge in [0.2, 0.25) is 0 Å². The Kier molecular flexibility index (Phi) is 3.87. The fraction of sp³-hybridized carbons (Fsp3) is 0.0714. The summed E-state index contributed by atoms with van der Waals surface area (Å²) >= 11 is 0. The minimum absolute atomic E-state index is 0.138. The summed E-state index contributed by atoms with van der Waals surface area (Å²) in [5.41, 5.74) is 1.35. The Balaban J connectivity index is 1.97.